The number of nitrogens with one attached hydrogen (secondary N) is 1. The molecule has 0 spiro atoms. The van der Waals surface area contributed by atoms with Gasteiger partial charge >= 0.3 is 0 Å². The Morgan fingerprint density at radius 2 is 1.73 bits per heavy atom. The van der Waals surface area contributed by atoms with Gasteiger partial charge in [0.1, 0.15) is 5.75 Å². The van der Waals surface area contributed by atoms with Crippen LogP contribution in [0.3, 0.4) is 0 Å². The number of carbonyl (C=O) groups is 2. The Morgan fingerprint density at radius 3 is 2.50 bits per heavy atom. The van der Waals surface area contributed by atoms with Gasteiger partial charge in [0.15, 0.2) is 12.9 Å². The first-order chi connectivity index (χ1) is 12.7. The van der Waals surface area contributed by atoms with Crippen LogP contribution in [0.15, 0.2) is 77.3 Å². The van der Waals surface area contributed by atoms with Crippen molar-refractivity contribution < 1.29 is 14.3 Å². The largest absolute Gasteiger partial charge is 0.483 e. The van der Waals surface area contributed by atoms with Gasteiger partial charge in [0, 0.05) is 15.7 Å². The van der Waals surface area contributed by atoms with Crippen molar-refractivity contribution in [3.8, 4) is 16.9 Å². The van der Waals surface area contributed by atoms with E-state index in [4.69, 9.17) is 4.74 Å². The lowest BCUT2D eigenvalue weighted by Crippen LogP contribution is -2.20. The van der Waals surface area contributed by atoms with Gasteiger partial charge in [0.05, 0.1) is 5.56 Å². The fourth-order valence-corrected chi connectivity index (χ4v) is 2.91. The molecule has 0 saturated carbocycles. The van der Waals surface area contributed by atoms with Crippen LogP contribution in [0.5, 0.6) is 5.75 Å². The van der Waals surface area contributed by atoms with Crippen molar-refractivity contribution in [2.45, 2.75) is 0 Å². The molecule has 0 fully saturated rings. The molecular formula is C21H16BrNO3. The first kappa shape index (κ1) is 17.9. The Labute approximate surface area is 159 Å². The van der Waals surface area contributed by atoms with Crippen LogP contribution in [-0.4, -0.2) is 18.8 Å². The van der Waals surface area contributed by atoms with Crippen LogP contribution in [0.4, 0.5) is 5.69 Å². The fraction of sp³-hybridized carbons (Fsp3) is 0.0476. The van der Waals surface area contributed by atoms with Gasteiger partial charge in [-0.1, -0.05) is 64.5 Å². The normalized spacial score (nSPS) is 10.2. The smallest absolute Gasteiger partial charge is 0.262 e. The van der Waals surface area contributed by atoms with Crippen molar-refractivity contribution in [1.82, 2.24) is 0 Å². The number of rotatable bonds is 6. The predicted molar refractivity (Wildman–Crippen MR) is 106 cm³/mol. The van der Waals surface area contributed by atoms with Gasteiger partial charge in [0.2, 0.25) is 0 Å². The number of hydrogen-bond acceptors (Lipinski definition) is 3. The van der Waals surface area contributed by atoms with E-state index in [1.165, 1.54) is 0 Å². The molecule has 130 valence electrons. The summed E-state index contributed by atoms with van der Waals surface area (Å²) in [5, 5.41) is 2.87. The van der Waals surface area contributed by atoms with Gasteiger partial charge < -0.3 is 10.1 Å². The second kappa shape index (κ2) is 8.45. The molecule has 5 heteroatoms. The van der Waals surface area contributed by atoms with Crippen molar-refractivity contribution in [2.24, 2.45) is 0 Å². The highest BCUT2D eigenvalue weighted by Gasteiger charge is 2.10. The van der Waals surface area contributed by atoms with Gasteiger partial charge in [-0.05, 0) is 29.8 Å². The highest BCUT2D eigenvalue weighted by atomic mass is 79.9. The third-order valence-electron chi connectivity index (χ3n) is 3.74. The van der Waals surface area contributed by atoms with E-state index in [0.717, 1.165) is 15.6 Å². The second-order valence-corrected chi connectivity index (χ2v) is 6.46. The number of hydrogen-bond donors (Lipinski definition) is 1. The maximum absolute atomic E-state index is 12.3. The highest BCUT2D eigenvalue weighted by Crippen LogP contribution is 2.27. The average Bonchev–Trinajstić information content (AvgIpc) is 2.68. The number of para-hydroxylation sites is 1. The van der Waals surface area contributed by atoms with E-state index in [-0.39, 0.29) is 12.5 Å². The molecule has 0 unspecified atom stereocenters. The van der Waals surface area contributed by atoms with E-state index >= 15 is 0 Å². The zero-order valence-electron chi connectivity index (χ0n) is 13.8. The van der Waals surface area contributed by atoms with Gasteiger partial charge in [-0.3, -0.25) is 9.59 Å². The number of benzene rings is 3. The molecule has 0 aliphatic carbocycles. The lowest BCUT2D eigenvalue weighted by Gasteiger charge is -2.12. The minimum atomic E-state index is -0.298. The molecule has 3 aromatic carbocycles. The van der Waals surface area contributed by atoms with Crippen LogP contribution in [0.25, 0.3) is 11.1 Å². The summed E-state index contributed by atoms with van der Waals surface area (Å²) in [5.41, 5.74) is 3.04. The summed E-state index contributed by atoms with van der Waals surface area (Å²) in [4.78, 5) is 23.4. The Balaban J connectivity index is 1.71. The van der Waals surface area contributed by atoms with Crippen molar-refractivity contribution in [1.29, 1.82) is 0 Å². The Kier molecular flexibility index (Phi) is 5.81. The number of aldehydes is 1. The van der Waals surface area contributed by atoms with Crippen LogP contribution in [0, 0.1) is 0 Å². The van der Waals surface area contributed by atoms with E-state index in [9.17, 15) is 9.59 Å². The molecule has 0 saturated heterocycles. The molecule has 0 atom stereocenters. The Morgan fingerprint density at radius 1 is 1.00 bits per heavy atom. The first-order valence-corrected chi connectivity index (χ1v) is 8.78. The molecule has 3 rings (SSSR count). The SMILES string of the molecule is O=Cc1cc(Br)ccc1OCC(=O)Nc1ccccc1-c1ccccc1. The van der Waals surface area contributed by atoms with Crippen molar-refractivity contribution in [2.75, 3.05) is 11.9 Å². The summed E-state index contributed by atoms with van der Waals surface area (Å²) in [6.07, 6.45) is 0.697. The van der Waals surface area contributed by atoms with Gasteiger partial charge in [-0.15, -0.1) is 0 Å². The fourth-order valence-electron chi connectivity index (χ4n) is 2.53. The van der Waals surface area contributed by atoms with Crippen LogP contribution in [-0.2, 0) is 4.79 Å². The summed E-state index contributed by atoms with van der Waals surface area (Å²) in [6, 6.07) is 22.4. The Bertz CT molecular complexity index is 926. The summed E-state index contributed by atoms with van der Waals surface area (Å²) in [5.74, 6) is 0.0721. The number of halogens is 1. The average molecular weight is 410 g/mol. The lowest BCUT2D eigenvalue weighted by molar-refractivity contribution is -0.118. The lowest BCUT2D eigenvalue weighted by atomic mass is 10.0. The van der Waals surface area contributed by atoms with Gasteiger partial charge in [-0.25, -0.2) is 0 Å². The topological polar surface area (TPSA) is 55.4 Å². The second-order valence-electron chi connectivity index (χ2n) is 5.55. The molecule has 0 aliphatic heterocycles. The molecule has 0 aliphatic rings. The maximum atomic E-state index is 12.3. The minimum Gasteiger partial charge on any atom is -0.483 e. The van der Waals surface area contributed by atoms with E-state index in [1.54, 1.807) is 18.2 Å². The maximum Gasteiger partial charge on any atom is 0.262 e. The van der Waals surface area contributed by atoms with Crippen LogP contribution < -0.4 is 10.1 Å². The zero-order chi connectivity index (χ0) is 18.4. The molecule has 4 nitrogen and oxygen atoms in total. The molecule has 0 bridgehead atoms. The molecule has 0 heterocycles. The predicted octanol–water partition coefficient (Wildman–Crippen LogP) is 4.95. The number of carbonyl (C=O) groups excluding carboxylic acids is 2. The van der Waals surface area contributed by atoms with Crippen LogP contribution in [0.2, 0.25) is 0 Å². The van der Waals surface area contributed by atoms with Gasteiger partial charge in [-0.2, -0.15) is 0 Å². The summed E-state index contributed by atoms with van der Waals surface area (Å²) in [7, 11) is 0. The third kappa shape index (κ3) is 4.37. The molecule has 0 radical (unpaired) electrons. The van der Waals surface area contributed by atoms with Crippen molar-refractivity contribution >= 4 is 33.8 Å². The summed E-state index contributed by atoms with van der Waals surface area (Å²) >= 11 is 3.30. The van der Waals surface area contributed by atoms with Crippen molar-refractivity contribution in [3.05, 3.63) is 82.8 Å². The summed E-state index contributed by atoms with van der Waals surface area (Å²) in [6.45, 7) is -0.189. The van der Waals surface area contributed by atoms with Crippen LogP contribution in [0.1, 0.15) is 10.4 Å². The minimum absolute atomic E-state index is 0.189. The summed E-state index contributed by atoms with van der Waals surface area (Å²) < 4.78 is 6.27. The number of anilines is 1. The highest BCUT2D eigenvalue weighted by molar-refractivity contribution is 9.10. The number of ether oxygens (including phenoxy) is 1. The van der Waals surface area contributed by atoms with Crippen molar-refractivity contribution in [3.63, 3.8) is 0 Å². The number of amides is 1. The standard InChI is InChI=1S/C21H16BrNO3/c22-17-10-11-20(16(12-17)13-24)26-14-21(25)23-19-9-5-4-8-18(19)15-6-2-1-3-7-15/h1-13H,14H2,(H,23,25). The molecule has 26 heavy (non-hydrogen) atoms. The first-order valence-electron chi connectivity index (χ1n) is 7.99. The van der Waals surface area contributed by atoms with Gasteiger partial charge in [0.25, 0.3) is 5.91 Å². The van der Waals surface area contributed by atoms with E-state index < -0.39 is 0 Å². The molecule has 1 amide bonds. The quantitative estimate of drug-likeness (QED) is 0.586. The zero-order valence-corrected chi connectivity index (χ0v) is 15.4. The molecule has 3 aromatic rings. The Hall–Kier alpha value is -2.92. The van der Waals surface area contributed by atoms with E-state index in [2.05, 4.69) is 21.2 Å². The van der Waals surface area contributed by atoms with E-state index in [1.807, 2.05) is 54.6 Å². The van der Waals surface area contributed by atoms with Crippen LogP contribution >= 0.6 is 15.9 Å². The third-order valence-corrected chi connectivity index (χ3v) is 4.24. The molecule has 0 aromatic heterocycles. The van der Waals surface area contributed by atoms with E-state index in [0.29, 0.717) is 23.3 Å². The molecule has 1 N–H and O–H groups in total. The molecular weight excluding hydrogens is 394 g/mol. The monoisotopic (exact) mass is 409 g/mol.